The third kappa shape index (κ3) is 2.49. The zero-order valence-electron chi connectivity index (χ0n) is 7.68. The number of ether oxygens (including phenoxy) is 1. The largest absolute Gasteiger partial charge is 0.467 e. The molecule has 1 aromatic heterocycles. The van der Waals surface area contributed by atoms with Crippen molar-refractivity contribution >= 4 is 23.4 Å². The summed E-state index contributed by atoms with van der Waals surface area (Å²) in [7, 11) is 1.26. The van der Waals surface area contributed by atoms with Crippen molar-refractivity contribution in [3.8, 4) is 0 Å². The van der Waals surface area contributed by atoms with Crippen LogP contribution in [0.25, 0.3) is 0 Å². The number of hydrogen-bond donors (Lipinski definition) is 1. The minimum Gasteiger partial charge on any atom is -0.467 e. The van der Waals surface area contributed by atoms with Gasteiger partial charge in [-0.2, -0.15) is 0 Å². The Labute approximate surface area is 84.4 Å². The summed E-state index contributed by atoms with van der Waals surface area (Å²) in [5, 5.41) is 5.96. The van der Waals surface area contributed by atoms with E-state index in [2.05, 4.69) is 19.6 Å². The molecule has 14 heavy (non-hydrogen) atoms. The van der Waals surface area contributed by atoms with E-state index in [9.17, 15) is 9.59 Å². The van der Waals surface area contributed by atoms with Gasteiger partial charge in [0.15, 0.2) is 0 Å². The van der Waals surface area contributed by atoms with Gasteiger partial charge in [-0.3, -0.25) is 4.79 Å². The molecule has 6 nitrogen and oxygen atoms in total. The van der Waals surface area contributed by atoms with Gasteiger partial charge in [-0.1, -0.05) is 4.49 Å². The van der Waals surface area contributed by atoms with Crippen molar-refractivity contribution < 1.29 is 14.3 Å². The SMILES string of the molecule is COC(=O)C(C)NC(=O)c1cnns1. The maximum atomic E-state index is 11.3. The number of rotatable bonds is 3. The summed E-state index contributed by atoms with van der Waals surface area (Å²) in [5.41, 5.74) is 0. The highest BCUT2D eigenvalue weighted by Crippen LogP contribution is 2.01. The molecule has 1 atom stereocenters. The van der Waals surface area contributed by atoms with Crippen molar-refractivity contribution in [2.24, 2.45) is 0 Å². The van der Waals surface area contributed by atoms with Crippen molar-refractivity contribution in [2.75, 3.05) is 7.11 Å². The van der Waals surface area contributed by atoms with Crippen molar-refractivity contribution in [1.82, 2.24) is 14.9 Å². The fraction of sp³-hybridized carbons (Fsp3) is 0.429. The highest BCUT2D eigenvalue weighted by Gasteiger charge is 2.17. The first-order valence-electron chi connectivity index (χ1n) is 3.81. The third-order valence-electron chi connectivity index (χ3n) is 1.49. The number of methoxy groups -OCH3 is 1. The van der Waals surface area contributed by atoms with Crippen LogP contribution in [-0.4, -0.2) is 34.6 Å². The van der Waals surface area contributed by atoms with E-state index in [4.69, 9.17) is 0 Å². The van der Waals surface area contributed by atoms with Gasteiger partial charge in [-0.05, 0) is 18.5 Å². The Morgan fingerprint density at radius 1 is 1.64 bits per heavy atom. The Morgan fingerprint density at radius 2 is 2.36 bits per heavy atom. The van der Waals surface area contributed by atoms with Gasteiger partial charge in [-0.25, -0.2) is 4.79 Å². The number of carbonyl (C=O) groups excluding carboxylic acids is 2. The second kappa shape index (κ2) is 4.66. The zero-order valence-corrected chi connectivity index (χ0v) is 8.50. The normalized spacial score (nSPS) is 11.9. The fourth-order valence-electron chi connectivity index (χ4n) is 0.771. The lowest BCUT2D eigenvalue weighted by molar-refractivity contribution is -0.142. The maximum absolute atomic E-state index is 11.3. The molecule has 76 valence electrons. The summed E-state index contributed by atoms with van der Waals surface area (Å²) in [6.07, 6.45) is 1.34. The summed E-state index contributed by atoms with van der Waals surface area (Å²) in [4.78, 5) is 22.7. The lowest BCUT2D eigenvalue weighted by atomic mass is 10.3. The van der Waals surface area contributed by atoms with E-state index in [1.165, 1.54) is 20.2 Å². The molecule has 1 amide bonds. The van der Waals surface area contributed by atoms with Crippen LogP contribution in [0.4, 0.5) is 0 Å². The Hall–Kier alpha value is -1.50. The number of carbonyl (C=O) groups is 2. The monoisotopic (exact) mass is 215 g/mol. The van der Waals surface area contributed by atoms with Crippen LogP contribution in [0, 0.1) is 0 Å². The van der Waals surface area contributed by atoms with Crippen LogP contribution in [0.15, 0.2) is 6.20 Å². The Balaban J connectivity index is 2.53. The van der Waals surface area contributed by atoms with Crippen LogP contribution >= 0.6 is 11.5 Å². The van der Waals surface area contributed by atoms with Gasteiger partial charge < -0.3 is 10.1 Å². The van der Waals surface area contributed by atoms with Crippen molar-refractivity contribution in [1.29, 1.82) is 0 Å². The third-order valence-corrected chi connectivity index (χ3v) is 2.15. The summed E-state index contributed by atoms with van der Waals surface area (Å²) in [6, 6.07) is -0.672. The molecule has 0 aliphatic heterocycles. The molecule has 1 aromatic rings. The number of hydrogen-bond acceptors (Lipinski definition) is 6. The van der Waals surface area contributed by atoms with Gasteiger partial charge >= 0.3 is 5.97 Å². The number of nitrogens with zero attached hydrogens (tertiary/aromatic N) is 2. The molecule has 0 aromatic carbocycles. The molecule has 0 bridgehead atoms. The molecule has 0 saturated heterocycles. The molecular weight excluding hydrogens is 206 g/mol. The molecule has 1 rings (SSSR count). The molecule has 1 heterocycles. The van der Waals surface area contributed by atoms with Crippen molar-refractivity contribution in [3.63, 3.8) is 0 Å². The summed E-state index contributed by atoms with van der Waals surface area (Å²) < 4.78 is 7.98. The van der Waals surface area contributed by atoms with Gasteiger partial charge in [-0.15, -0.1) is 5.10 Å². The number of amides is 1. The van der Waals surface area contributed by atoms with Crippen LogP contribution in [0.3, 0.4) is 0 Å². The van der Waals surface area contributed by atoms with Gasteiger partial charge in [0.2, 0.25) is 0 Å². The molecule has 0 aliphatic rings. The van der Waals surface area contributed by atoms with Crippen molar-refractivity contribution in [3.05, 3.63) is 11.1 Å². The van der Waals surface area contributed by atoms with Gasteiger partial charge in [0, 0.05) is 0 Å². The van der Waals surface area contributed by atoms with E-state index in [1.54, 1.807) is 0 Å². The molecular formula is C7H9N3O3S. The molecule has 0 saturated carbocycles. The molecule has 7 heteroatoms. The van der Waals surface area contributed by atoms with Crippen LogP contribution in [0.1, 0.15) is 16.6 Å². The van der Waals surface area contributed by atoms with Crippen LogP contribution < -0.4 is 5.32 Å². The predicted molar refractivity (Wildman–Crippen MR) is 48.9 cm³/mol. The molecule has 1 unspecified atom stereocenters. The van der Waals surface area contributed by atoms with Crippen LogP contribution in [0.2, 0.25) is 0 Å². The van der Waals surface area contributed by atoms with Crippen LogP contribution in [0.5, 0.6) is 0 Å². The van der Waals surface area contributed by atoms with E-state index < -0.39 is 12.0 Å². The first kappa shape index (κ1) is 10.6. The minimum absolute atomic E-state index is 0.362. The second-order valence-corrected chi connectivity index (χ2v) is 3.29. The smallest absolute Gasteiger partial charge is 0.328 e. The van der Waals surface area contributed by atoms with E-state index in [0.29, 0.717) is 4.88 Å². The lowest BCUT2D eigenvalue weighted by Crippen LogP contribution is -2.38. The van der Waals surface area contributed by atoms with E-state index >= 15 is 0 Å². The quantitative estimate of drug-likeness (QED) is 0.708. The average molecular weight is 215 g/mol. The molecule has 0 aliphatic carbocycles. The van der Waals surface area contributed by atoms with Gasteiger partial charge in [0.05, 0.1) is 13.3 Å². The van der Waals surface area contributed by atoms with Crippen molar-refractivity contribution in [2.45, 2.75) is 13.0 Å². The highest BCUT2D eigenvalue weighted by molar-refractivity contribution is 7.07. The maximum Gasteiger partial charge on any atom is 0.328 e. The first-order chi connectivity index (χ1) is 6.65. The lowest BCUT2D eigenvalue weighted by Gasteiger charge is -2.09. The summed E-state index contributed by atoms with van der Waals surface area (Å²) in [6.45, 7) is 1.54. The first-order valence-corrected chi connectivity index (χ1v) is 4.58. The summed E-state index contributed by atoms with van der Waals surface area (Å²) >= 11 is 0.967. The second-order valence-electron chi connectivity index (χ2n) is 2.50. The van der Waals surface area contributed by atoms with Crippen LogP contribution in [-0.2, 0) is 9.53 Å². The fourth-order valence-corrected chi connectivity index (χ4v) is 1.19. The number of nitrogens with one attached hydrogen (secondary N) is 1. The standard InChI is InChI=1S/C7H9N3O3S/c1-4(7(12)13-2)9-6(11)5-3-8-10-14-5/h3-4H,1-2H3,(H,9,11). The predicted octanol–water partition coefficient (Wildman–Crippen LogP) is -0.171. The Kier molecular flexibility index (Phi) is 3.52. The Bertz CT molecular complexity index is 325. The molecule has 0 spiro atoms. The minimum atomic E-state index is -0.672. The Morgan fingerprint density at radius 3 is 2.86 bits per heavy atom. The molecule has 0 radical (unpaired) electrons. The van der Waals surface area contributed by atoms with Gasteiger partial charge in [0.1, 0.15) is 10.9 Å². The van der Waals surface area contributed by atoms with Gasteiger partial charge in [0.25, 0.3) is 5.91 Å². The van der Waals surface area contributed by atoms with E-state index in [1.807, 2.05) is 0 Å². The topological polar surface area (TPSA) is 81.2 Å². The average Bonchev–Trinajstić information content (AvgIpc) is 2.69. The van der Waals surface area contributed by atoms with E-state index in [0.717, 1.165) is 11.5 Å². The number of esters is 1. The highest BCUT2D eigenvalue weighted by atomic mass is 32.1. The zero-order chi connectivity index (χ0) is 10.6. The number of aromatic nitrogens is 2. The summed E-state index contributed by atoms with van der Waals surface area (Å²) in [5.74, 6) is -0.867. The molecule has 1 N–H and O–H groups in total. The molecule has 0 fully saturated rings. The van der Waals surface area contributed by atoms with E-state index in [-0.39, 0.29) is 5.91 Å².